The molecule has 0 amide bonds. The Kier molecular flexibility index (Phi) is 3.51. The molecule has 104 valence electrons. The first kappa shape index (κ1) is 13.2. The SMILES string of the molecule is Cc1cnc2[nH]c3c(OCCCO)ccc(Cl)c3c2c1. The van der Waals surface area contributed by atoms with Gasteiger partial charge in [0.25, 0.3) is 0 Å². The first-order chi connectivity index (χ1) is 9.70. The van der Waals surface area contributed by atoms with Crippen LogP contribution in [0.4, 0.5) is 0 Å². The zero-order chi connectivity index (χ0) is 14.1. The number of hydrogen-bond donors (Lipinski definition) is 2. The van der Waals surface area contributed by atoms with E-state index in [0.29, 0.717) is 18.1 Å². The molecule has 5 heteroatoms. The van der Waals surface area contributed by atoms with Crippen molar-refractivity contribution in [3.8, 4) is 5.75 Å². The fourth-order valence-electron chi connectivity index (χ4n) is 2.29. The molecule has 0 radical (unpaired) electrons. The Morgan fingerprint density at radius 3 is 3.05 bits per heavy atom. The number of nitrogens with zero attached hydrogens (tertiary/aromatic N) is 1. The molecule has 2 heterocycles. The summed E-state index contributed by atoms with van der Waals surface area (Å²) >= 11 is 6.32. The Bertz CT molecular complexity index is 767. The molecule has 0 spiro atoms. The summed E-state index contributed by atoms with van der Waals surface area (Å²) in [6.07, 6.45) is 2.42. The molecule has 3 rings (SSSR count). The predicted octanol–water partition coefficient (Wildman–Crippen LogP) is 3.44. The molecular formula is C15H15ClN2O2. The molecule has 0 aliphatic rings. The first-order valence-electron chi connectivity index (χ1n) is 6.51. The third-order valence-corrected chi connectivity index (χ3v) is 3.53. The van der Waals surface area contributed by atoms with E-state index in [1.165, 1.54) is 0 Å². The average molecular weight is 291 g/mol. The molecule has 0 aliphatic carbocycles. The lowest BCUT2D eigenvalue weighted by molar-refractivity contribution is 0.234. The second-order valence-corrected chi connectivity index (χ2v) is 5.16. The second-order valence-electron chi connectivity index (χ2n) is 4.75. The van der Waals surface area contributed by atoms with Crippen LogP contribution in [-0.4, -0.2) is 28.3 Å². The number of hydrogen-bond acceptors (Lipinski definition) is 3. The number of benzene rings is 1. The fraction of sp³-hybridized carbons (Fsp3) is 0.267. The number of aromatic nitrogens is 2. The molecular weight excluding hydrogens is 276 g/mol. The summed E-state index contributed by atoms with van der Waals surface area (Å²) in [6.45, 7) is 2.58. The standard InChI is InChI=1S/C15H15ClN2O2/c1-9-7-10-13-11(16)3-4-12(20-6-2-5-19)14(13)18-15(10)17-8-9/h3-4,7-8,19H,2,5-6H2,1H3,(H,17,18). The van der Waals surface area contributed by atoms with E-state index >= 15 is 0 Å². The van der Waals surface area contributed by atoms with Gasteiger partial charge >= 0.3 is 0 Å². The van der Waals surface area contributed by atoms with Gasteiger partial charge in [-0.3, -0.25) is 0 Å². The van der Waals surface area contributed by atoms with Crippen LogP contribution in [-0.2, 0) is 0 Å². The number of fused-ring (bicyclic) bond motifs is 3. The molecule has 2 aromatic heterocycles. The van der Waals surface area contributed by atoms with Gasteiger partial charge in [0.1, 0.15) is 11.4 Å². The lowest BCUT2D eigenvalue weighted by atomic mass is 10.1. The fourth-order valence-corrected chi connectivity index (χ4v) is 2.55. The van der Waals surface area contributed by atoms with Gasteiger partial charge in [0.05, 0.1) is 17.1 Å². The third-order valence-electron chi connectivity index (χ3n) is 3.21. The summed E-state index contributed by atoms with van der Waals surface area (Å²) in [7, 11) is 0. The lowest BCUT2D eigenvalue weighted by Gasteiger charge is -2.07. The molecule has 20 heavy (non-hydrogen) atoms. The largest absolute Gasteiger partial charge is 0.491 e. The van der Waals surface area contributed by atoms with Crippen molar-refractivity contribution < 1.29 is 9.84 Å². The molecule has 1 aromatic carbocycles. The summed E-state index contributed by atoms with van der Waals surface area (Å²) in [6, 6.07) is 5.72. The maximum absolute atomic E-state index is 8.83. The van der Waals surface area contributed by atoms with Gasteiger partial charge in [-0.25, -0.2) is 4.98 Å². The van der Waals surface area contributed by atoms with Gasteiger partial charge in [-0.15, -0.1) is 0 Å². The molecule has 0 aliphatic heterocycles. The number of aryl methyl sites for hydroxylation is 1. The van der Waals surface area contributed by atoms with Gasteiger partial charge in [-0.05, 0) is 30.7 Å². The van der Waals surface area contributed by atoms with Crippen LogP contribution in [0.2, 0.25) is 5.02 Å². The van der Waals surface area contributed by atoms with Crippen LogP contribution in [0.25, 0.3) is 21.9 Å². The maximum atomic E-state index is 8.83. The van der Waals surface area contributed by atoms with Crippen molar-refractivity contribution in [3.63, 3.8) is 0 Å². The quantitative estimate of drug-likeness (QED) is 0.724. The number of pyridine rings is 1. The molecule has 0 fully saturated rings. The van der Waals surface area contributed by atoms with Gasteiger partial charge in [0.2, 0.25) is 0 Å². The number of ether oxygens (including phenoxy) is 1. The number of rotatable bonds is 4. The van der Waals surface area contributed by atoms with E-state index in [1.807, 2.05) is 25.3 Å². The number of halogens is 1. The molecule has 4 nitrogen and oxygen atoms in total. The minimum atomic E-state index is 0.115. The van der Waals surface area contributed by atoms with Gasteiger partial charge in [0, 0.05) is 30.0 Å². The molecule has 0 bridgehead atoms. The molecule has 0 atom stereocenters. The maximum Gasteiger partial charge on any atom is 0.143 e. The van der Waals surface area contributed by atoms with Crippen LogP contribution in [0.1, 0.15) is 12.0 Å². The van der Waals surface area contributed by atoms with E-state index in [-0.39, 0.29) is 6.61 Å². The Labute approximate surface area is 121 Å². The van der Waals surface area contributed by atoms with E-state index < -0.39 is 0 Å². The van der Waals surface area contributed by atoms with Crippen molar-refractivity contribution in [1.82, 2.24) is 9.97 Å². The Morgan fingerprint density at radius 1 is 1.40 bits per heavy atom. The lowest BCUT2D eigenvalue weighted by Crippen LogP contribution is -2.00. The van der Waals surface area contributed by atoms with E-state index in [9.17, 15) is 0 Å². The monoisotopic (exact) mass is 290 g/mol. The number of H-pyrrole nitrogens is 1. The van der Waals surface area contributed by atoms with Gasteiger partial charge in [-0.1, -0.05) is 11.6 Å². The molecule has 3 aromatic rings. The van der Waals surface area contributed by atoms with E-state index in [1.54, 1.807) is 0 Å². The number of aliphatic hydroxyl groups excluding tert-OH is 1. The Balaban J connectivity index is 2.19. The minimum Gasteiger partial charge on any atom is -0.491 e. The molecule has 0 saturated heterocycles. The van der Waals surface area contributed by atoms with Crippen LogP contribution < -0.4 is 4.74 Å². The van der Waals surface area contributed by atoms with Gasteiger partial charge < -0.3 is 14.8 Å². The third kappa shape index (κ3) is 2.21. The number of nitrogens with one attached hydrogen (secondary N) is 1. The van der Waals surface area contributed by atoms with Crippen molar-refractivity contribution in [2.24, 2.45) is 0 Å². The molecule has 0 saturated carbocycles. The topological polar surface area (TPSA) is 58.1 Å². The highest BCUT2D eigenvalue weighted by Crippen LogP contribution is 2.36. The van der Waals surface area contributed by atoms with Crippen molar-refractivity contribution in [2.75, 3.05) is 13.2 Å². The van der Waals surface area contributed by atoms with Crippen LogP contribution in [0.3, 0.4) is 0 Å². The summed E-state index contributed by atoms with van der Waals surface area (Å²) < 4.78 is 5.70. The van der Waals surface area contributed by atoms with Crippen molar-refractivity contribution in [3.05, 3.63) is 35.0 Å². The normalized spacial score (nSPS) is 11.3. The smallest absolute Gasteiger partial charge is 0.143 e. The molecule has 2 N–H and O–H groups in total. The first-order valence-corrected chi connectivity index (χ1v) is 6.88. The zero-order valence-electron chi connectivity index (χ0n) is 11.1. The number of aliphatic hydroxyl groups is 1. The van der Waals surface area contributed by atoms with Crippen LogP contribution in [0.5, 0.6) is 5.75 Å². The van der Waals surface area contributed by atoms with Crippen molar-refractivity contribution >= 4 is 33.5 Å². The summed E-state index contributed by atoms with van der Waals surface area (Å²) in [5, 5.41) is 11.4. The second kappa shape index (κ2) is 5.31. The van der Waals surface area contributed by atoms with Gasteiger partial charge in [-0.2, -0.15) is 0 Å². The van der Waals surface area contributed by atoms with Gasteiger partial charge in [0.15, 0.2) is 0 Å². The molecule has 0 unspecified atom stereocenters. The van der Waals surface area contributed by atoms with Crippen molar-refractivity contribution in [1.29, 1.82) is 0 Å². The van der Waals surface area contributed by atoms with Crippen molar-refractivity contribution in [2.45, 2.75) is 13.3 Å². The summed E-state index contributed by atoms with van der Waals surface area (Å²) in [4.78, 5) is 7.65. The van der Waals surface area contributed by atoms with Crippen LogP contribution in [0.15, 0.2) is 24.4 Å². The summed E-state index contributed by atoms with van der Waals surface area (Å²) in [5.74, 6) is 0.730. The van der Waals surface area contributed by atoms with E-state index in [0.717, 1.165) is 33.2 Å². The van der Waals surface area contributed by atoms with E-state index in [2.05, 4.69) is 16.0 Å². The predicted molar refractivity (Wildman–Crippen MR) is 80.5 cm³/mol. The van der Waals surface area contributed by atoms with Crippen LogP contribution >= 0.6 is 11.6 Å². The highest BCUT2D eigenvalue weighted by atomic mass is 35.5. The highest BCUT2D eigenvalue weighted by molar-refractivity contribution is 6.38. The van der Waals surface area contributed by atoms with E-state index in [4.69, 9.17) is 21.4 Å². The number of aromatic amines is 1. The minimum absolute atomic E-state index is 0.115. The Morgan fingerprint density at radius 2 is 2.25 bits per heavy atom. The summed E-state index contributed by atoms with van der Waals surface area (Å²) in [5.41, 5.74) is 2.73. The zero-order valence-corrected chi connectivity index (χ0v) is 11.9. The van der Waals surface area contributed by atoms with Crippen LogP contribution in [0, 0.1) is 6.92 Å². The Hall–Kier alpha value is -1.78. The average Bonchev–Trinajstić information content (AvgIpc) is 2.81. The highest BCUT2D eigenvalue weighted by Gasteiger charge is 2.13.